The molecule has 0 fully saturated rings. The average Bonchev–Trinajstić information content (AvgIpc) is 3.34. The van der Waals surface area contributed by atoms with E-state index in [4.69, 9.17) is 4.52 Å². The minimum Gasteiger partial charge on any atom is -0.339 e. The first-order chi connectivity index (χ1) is 16.5. The second kappa shape index (κ2) is 10.8. The summed E-state index contributed by atoms with van der Waals surface area (Å²) in [6, 6.07) is 16.9. The SMILES string of the molecule is CCc1ccc(CN(Cc2cccnc2)C(=O)CCc2nc(-c3ccc(C)c(F)c3)no2)cc1. The van der Waals surface area contributed by atoms with Gasteiger partial charge in [0.25, 0.3) is 0 Å². The predicted octanol–water partition coefficient (Wildman–Crippen LogP) is 5.30. The zero-order valence-electron chi connectivity index (χ0n) is 19.4. The number of carbonyl (C=O) groups excluding carboxylic acids is 1. The van der Waals surface area contributed by atoms with Crippen LogP contribution in [0.4, 0.5) is 4.39 Å². The quantitative estimate of drug-likeness (QED) is 0.340. The van der Waals surface area contributed by atoms with E-state index in [1.807, 2.05) is 17.0 Å². The number of aromatic nitrogens is 3. The van der Waals surface area contributed by atoms with Crippen LogP contribution in [0.5, 0.6) is 0 Å². The first-order valence-electron chi connectivity index (χ1n) is 11.4. The molecule has 4 aromatic rings. The molecule has 2 aromatic carbocycles. The van der Waals surface area contributed by atoms with Gasteiger partial charge in [-0.25, -0.2) is 4.39 Å². The molecule has 34 heavy (non-hydrogen) atoms. The first-order valence-corrected chi connectivity index (χ1v) is 11.4. The number of benzene rings is 2. The largest absolute Gasteiger partial charge is 0.339 e. The monoisotopic (exact) mass is 458 g/mol. The molecule has 174 valence electrons. The fourth-order valence-electron chi connectivity index (χ4n) is 3.62. The third-order valence-corrected chi connectivity index (χ3v) is 5.70. The van der Waals surface area contributed by atoms with Crippen LogP contribution >= 0.6 is 0 Å². The molecule has 0 N–H and O–H groups in total. The lowest BCUT2D eigenvalue weighted by Crippen LogP contribution is -2.30. The normalized spacial score (nSPS) is 10.9. The molecule has 0 saturated carbocycles. The lowest BCUT2D eigenvalue weighted by Gasteiger charge is -2.23. The van der Waals surface area contributed by atoms with E-state index >= 15 is 0 Å². The summed E-state index contributed by atoms with van der Waals surface area (Å²) in [5, 5.41) is 3.95. The molecule has 0 saturated heterocycles. The number of hydrogen-bond donors (Lipinski definition) is 0. The van der Waals surface area contributed by atoms with E-state index in [1.165, 1.54) is 11.6 Å². The summed E-state index contributed by atoms with van der Waals surface area (Å²) in [6.07, 6.45) is 4.98. The van der Waals surface area contributed by atoms with Crippen molar-refractivity contribution in [2.24, 2.45) is 0 Å². The second-order valence-electron chi connectivity index (χ2n) is 8.26. The van der Waals surface area contributed by atoms with Gasteiger partial charge in [-0.1, -0.05) is 54.5 Å². The van der Waals surface area contributed by atoms with Crippen LogP contribution in [-0.4, -0.2) is 25.9 Å². The summed E-state index contributed by atoms with van der Waals surface area (Å²) < 4.78 is 19.2. The van der Waals surface area contributed by atoms with Gasteiger partial charge in [-0.05, 0) is 47.7 Å². The van der Waals surface area contributed by atoms with Crippen LogP contribution in [0.1, 0.15) is 41.5 Å². The molecule has 0 bridgehead atoms. The van der Waals surface area contributed by atoms with E-state index in [-0.39, 0.29) is 18.1 Å². The van der Waals surface area contributed by atoms with Gasteiger partial charge in [-0.2, -0.15) is 4.98 Å². The molecule has 0 aliphatic carbocycles. The van der Waals surface area contributed by atoms with Gasteiger partial charge in [-0.15, -0.1) is 0 Å². The molecule has 0 aliphatic rings. The number of carbonyl (C=O) groups is 1. The van der Waals surface area contributed by atoms with Crippen molar-refractivity contribution in [1.82, 2.24) is 20.0 Å². The van der Waals surface area contributed by atoms with Gasteiger partial charge in [0.15, 0.2) is 0 Å². The molecule has 0 unspecified atom stereocenters. The lowest BCUT2D eigenvalue weighted by molar-refractivity contribution is -0.132. The van der Waals surface area contributed by atoms with Gasteiger partial charge in [0.1, 0.15) is 5.82 Å². The van der Waals surface area contributed by atoms with E-state index in [2.05, 4.69) is 46.3 Å². The van der Waals surface area contributed by atoms with E-state index in [9.17, 15) is 9.18 Å². The van der Waals surface area contributed by atoms with Crippen molar-refractivity contribution in [3.63, 3.8) is 0 Å². The second-order valence-corrected chi connectivity index (χ2v) is 8.26. The maximum absolute atomic E-state index is 13.9. The lowest BCUT2D eigenvalue weighted by atomic mass is 10.1. The van der Waals surface area contributed by atoms with Crippen LogP contribution in [0.25, 0.3) is 11.4 Å². The Bertz CT molecular complexity index is 1240. The van der Waals surface area contributed by atoms with Crippen LogP contribution in [0.15, 0.2) is 71.5 Å². The maximum Gasteiger partial charge on any atom is 0.227 e. The highest BCUT2D eigenvalue weighted by Gasteiger charge is 2.17. The summed E-state index contributed by atoms with van der Waals surface area (Å²) in [6.45, 7) is 4.77. The highest BCUT2D eigenvalue weighted by Crippen LogP contribution is 2.20. The molecule has 0 spiro atoms. The number of aryl methyl sites for hydroxylation is 3. The average molecular weight is 459 g/mol. The molecule has 4 rings (SSSR count). The Morgan fingerprint density at radius 3 is 2.50 bits per heavy atom. The summed E-state index contributed by atoms with van der Waals surface area (Å²) in [4.78, 5) is 23.5. The van der Waals surface area contributed by atoms with Crippen molar-refractivity contribution in [1.29, 1.82) is 0 Å². The molecule has 1 amide bonds. The summed E-state index contributed by atoms with van der Waals surface area (Å²) in [5.41, 5.74) is 4.38. The smallest absolute Gasteiger partial charge is 0.227 e. The maximum atomic E-state index is 13.9. The molecule has 6 nitrogen and oxygen atoms in total. The van der Waals surface area contributed by atoms with Crippen molar-refractivity contribution in [3.05, 3.63) is 101 Å². The topological polar surface area (TPSA) is 72.1 Å². The van der Waals surface area contributed by atoms with E-state index in [0.717, 1.165) is 17.5 Å². The van der Waals surface area contributed by atoms with Gasteiger partial charge >= 0.3 is 0 Å². The van der Waals surface area contributed by atoms with Crippen LogP contribution in [0.3, 0.4) is 0 Å². The molecule has 2 heterocycles. The summed E-state index contributed by atoms with van der Waals surface area (Å²) >= 11 is 0. The number of amides is 1. The van der Waals surface area contributed by atoms with Gasteiger partial charge < -0.3 is 9.42 Å². The molecule has 0 radical (unpaired) electrons. The van der Waals surface area contributed by atoms with Crippen molar-refractivity contribution in [2.45, 2.75) is 46.2 Å². The summed E-state index contributed by atoms with van der Waals surface area (Å²) in [5.74, 6) is 0.309. The van der Waals surface area contributed by atoms with Gasteiger partial charge in [-0.3, -0.25) is 9.78 Å². The number of halogens is 1. The zero-order valence-corrected chi connectivity index (χ0v) is 19.4. The van der Waals surface area contributed by atoms with Crippen LogP contribution < -0.4 is 0 Å². The Morgan fingerprint density at radius 1 is 1.03 bits per heavy atom. The fourth-order valence-corrected chi connectivity index (χ4v) is 3.62. The fraction of sp³-hybridized carbons (Fsp3) is 0.259. The van der Waals surface area contributed by atoms with Crippen molar-refractivity contribution in [3.8, 4) is 11.4 Å². The Morgan fingerprint density at radius 2 is 1.79 bits per heavy atom. The molecular weight excluding hydrogens is 431 g/mol. The molecular formula is C27H27FN4O2. The predicted molar refractivity (Wildman–Crippen MR) is 127 cm³/mol. The third kappa shape index (κ3) is 5.92. The minimum absolute atomic E-state index is 0.0236. The molecule has 2 aromatic heterocycles. The first kappa shape index (κ1) is 23.3. The number of rotatable bonds is 9. The number of pyridine rings is 1. The van der Waals surface area contributed by atoms with Gasteiger partial charge in [0, 0.05) is 43.9 Å². The van der Waals surface area contributed by atoms with Crippen LogP contribution in [-0.2, 0) is 30.7 Å². The van der Waals surface area contributed by atoms with Gasteiger partial charge in [0.2, 0.25) is 17.6 Å². The molecule has 7 heteroatoms. The van der Waals surface area contributed by atoms with Crippen molar-refractivity contribution < 1.29 is 13.7 Å². The number of nitrogens with zero attached hydrogens (tertiary/aromatic N) is 4. The van der Waals surface area contributed by atoms with E-state index in [1.54, 1.807) is 31.5 Å². The minimum atomic E-state index is -0.322. The Hall–Kier alpha value is -3.87. The zero-order chi connectivity index (χ0) is 23.9. The van der Waals surface area contributed by atoms with Crippen LogP contribution in [0.2, 0.25) is 0 Å². The standard InChI is InChI=1S/C27H27FN4O2/c1-3-20-7-9-21(10-8-20)17-32(18-22-5-4-14-29-16-22)26(33)13-12-25-30-27(31-34-25)23-11-6-19(2)24(28)15-23/h4-11,14-16H,3,12-13,17-18H2,1-2H3. The Labute approximate surface area is 198 Å². The van der Waals surface area contributed by atoms with Gasteiger partial charge in [0.05, 0.1) is 0 Å². The third-order valence-electron chi connectivity index (χ3n) is 5.70. The Balaban J connectivity index is 1.44. The highest BCUT2D eigenvalue weighted by molar-refractivity contribution is 5.76. The molecule has 0 atom stereocenters. The summed E-state index contributed by atoms with van der Waals surface area (Å²) in [7, 11) is 0. The number of hydrogen-bond acceptors (Lipinski definition) is 5. The highest BCUT2D eigenvalue weighted by atomic mass is 19.1. The van der Waals surface area contributed by atoms with Crippen molar-refractivity contribution in [2.75, 3.05) is 0 Å². The van der Waals surface area contributed by atoms with Crippen LogP contribution in [0, 0.1) is 12.7 Å². The molecule has 0 aliphatic heterocycles. The van der Waals surface area contributed by atoms with Crippen molar-refractivity contribution >= 4 is 5.91 Å². The van der Waals surface area contributed by atoms with E-state index < -0.39 is 0 Å². The Kier molecular flexibility index (Phi) is 7.42. The van der Waals surface area contributed by atoms with E-state index in [0.29, 0.717) is 42.4 Å².